The lowest BCUT2D eigenvalue weighted by molar-refractivity contribution is -0.143. The van der Waals surface area contributed by atoms with Gasteiger partial charge in [0.2, 0.25) is 0 Å². The molecule has 0 bridgehead atoms. The number of ether oxygens (including phenoxy) is 1. The van der Waals surface area contributed by atoms with Crippen LogP contribution in [-0.4, -0.2) is 55.5 Å². The lowest BCUT2D eigenvalue weighted by Gasteiger charge is -2.20. The van der Waals surface area contributed by atoms with E-state index in [-0.39, 0.29) is 11.2 Å². The van der Waals surface area contributed by atoms with Crippen molar-refractivity contribution < 1.29 is 17.9 Å². The maximum atomic E-state index is 11.9. The van der Waals surface area contributed by atoms with Gasteiger partial charge in [-0.05, 0) is 6.92 Å². The number of aryl methyl sites for hydroxylation is 1. The average Bonchev–Trinajstić information content (AvgIpc) is 2.42. The maximum absolute atomic E-state index is 11.9. The Bertz CT molecular complexity index is 765. The molecule has 0 aromatic carbocycles. The molecule has 9 nitrogen and oxygen atoms in total. The Labute approximate surface area is 133 Å². The van der Waals surface area contributed by atoms with Gasteiger partial charge in [-0.3, -0.25) is 14.3 Å². The zero-order chi connectivity index (χ0) is 17.1. The lowest BCUT2D eigenvalue weighted by Crippen LogP contribution is -2.49. The average molecular weight is 350 g/mol. The molecule has 0 saturated heterocycles. The van der Waals surface area contributed by atoms with Gasteiger partial charge in [0, 0.05) is 25.9 Å². The molecule has 11 heteroatoms. The van der Waals surface area contributed by atoms with Crippen molar-refractivity contribution in [1.29, 1.82) is 0 Å². The number of hydrogen-bond donors (Lipinski definition) is 2. The molecule has 1 rings (SSSR count). The summed E-state index contributed by atoms with van der Waals surface area (Å²) in [4.78, 5) is 26.0. The number of aromatic amines is 1. The van der Waals surface area contributed by atoms with Gasteiger partial charge in [0.15, 0.2) is 0 Å². The summed E-state index contributed by atoms with van der Waals surface area (Å²) in [7, 11) is -0.112. The summed E-state index contributed by atoms with van der Waals surface area (Å²) in [6.45, 7) is 1.46. The van der Waals surface area contributed by atoms with E-state index in [1.165, 1.54) is 20.3 Å². The highest BCUT2D eigenvalue weighted by molar-refractivity contribution is 7.87. The van der Waals surface area contributed by atoms with E-state index in [0.717, 1.165) is 16.0 Å². The van der Waals surface area contributed by atoms with Gasteiger partial charge in [-0.15, -0.1) is 0 Å². The minimum absolute atomic E-state index is 0.231. The van der Waals surface area contributed by atoms with Gasteiger partial charge in [-0.2, -0.15) is 17.4 Å². The van der Waals surface area contributed by atoms with E-state index in [1.807, 2.05) is 0 Å². The van der Waals surface area contributed by atoms with Gasteiger partial charge in [0.05, 0.1) is 13.7 Å². The Balaban J connectivity index is 3.16. The Morgan fingerprint density at radius 3 is 2.64 bits per heavy atom. The van der Waals surface area contributed by atoms with Crippen molar-refractivity contribution in [3.05, 3.63) is 26.9 Å². The topological polar surface area (TPSA) is 113 Å². The number of nitrogens with zero attached hydrogens (tertiary/aromatic N) is 2. The van der Waals surface area contributed by atoms with Crippen molar-refractivity contribution in [2.75, 3.05) is 21.2 Å². The van der Waals surface area contributed by atoms with Gasteiger partial charge in [-0.25, -0.2) is 4.79 Å². The summed E-state index contributed by atoms with van der Waals surface area (Å²) in [5.74, 6) is -0.808. The summed E-state index contributed by atoms with van der Waals surface area (Å²) < 4.78 is 32.8. The van der Waals surface area contributed by atoms with E-state index in [2.05, 4.69) is 14.4 Å². The van der Waals surface area contributed by atoms with Crippen LogP contribution in [0.4, 0.5) is 0 Å². The fourth-order valence-electron chi connectivity index (χ4n) is 1.54. The molecule has 0 aliphatic heterocycles. The van der Waals surface area contributed by atoms with Crippen LogP contribution in [0.5, 0.6) is 0 Å². The molecule has 0 radical (unpaired) electrons. The van der Waals surface area contributed by atoms with Gasteiger partial charge < -0.3 is 4.74 Å². The molecule has 1 heterocycles. The predicted molar refractivity (Wildman–Crippen MR) is 82.2 cm³/mol. The number of hydrogen-bond acceptors (Lipinski definition) is 6. The summed E-state index contributed by atoms with van der Waals surface area (Å²) in [6.07, 6.45) is 1.45. The molecule has 0 fully saturated rings. The summed E-state index contributed by atoms with van der Waals surface area (Å²) >= 11 is 4.93. The highest BCUT2D eigenvalue weighted by atomic mass is 32.2. The Morgan fingerprint density at radius 2 is 2.14 bits per heavy atom. The first-order valence-corrected chi connectivity index (χ1v) is 8.01. The fraction of sp³-hybridized carbons (Fsp3) is 0.545. The van der Waals surface area contributed by atoms with Gasteiger partial charge in [0.1, 0.15) is 10.7 Å². The first-order valence-electron chi connectivity index (χ1n) is 6.16. The molecule has 1 aromatic heterocycles. The Hall–Kier alpha value is -1.56. The lowest BCUT2D eigenvalue weighted by atomic mass is 10.3. The molecule has 0 unspecified atom stereocenters. The van der Waals surface area contributed by atoms with Crippen LogP contribution >= 0.6 is 12.2 Å². The molecule has 124 valence electrons. The second-order valence-electron chi connectivity index (χ2n) is 4.70. The molecule has 1 atom stereocenters. The number of carbonyl (C=O) groups excluding carboxylic acids is 1. The first kappa shape index (κ1) is 18.5. The molecule has 0 aliphatic rings. The van der Waals surface area contributed by atoms with Crippen molar-refractivity contribution in [2.45, 2.75) is 19.5 Å². The molecular weight excluding hydrogens is 332 g/mol. The minimum atomic E-state index is -3.87. The molecule has 1 aromatic rings. The van der Waals surface area contributed by atoms with Crippen molar-refractivity contribution in [3.8, 4) is 0 Å². The van der Waals surface area contributed by atoms with Crippen LogP contribution in [0.2, 0.25) is 0 Å². The summed E-state index contributed by atoms with van der Waals surface area (Å²) in [5.41, 5.74) is 0.0715. The second-order valence-corrected chi connectivity index (χ2v) is 7.03. The second kappa shape index (κ2) is 7.13. The third kappa shape index (κ3) is 4.47. The van der Waals surface area contributed by atoms with Crippen molar-refractivity contribution in [1.82, 2.24) is 18.6 Å². The van der Waals surface area contributed by atoms with Gasteiger partial charge >= 0.3 is 11.7 Å². The SMILES string of the molecule is COC(=O)[C@H](Cn1cc(C)c(=S)[nH]c1=O)NS(=O)(=O)N(C)C. The largest absolute Gasteiger partial charge is 0.468 e. The number of nitrogens with one attached hydrogen (secondary N) is 2. The van der Waals surface area contributed by atoms with Gasteiger partial charge in [0.25, 0.3) is 10.2 Å². The molecule has 0 spiro atoms. The molecule has 0 amide bonds. The highest BCUT2D eigenvalue weighted by Crippen LogP contribution is 2.01. The summed E-state index contributed by atoms with van der Waals surface area (Å²) in [5, 5.41) is 0. The van der Waals surface area contributed by atoms with Crippen molar-refractivity contribution in [3.63, 3.8) is 0 Å². The molecule has 2 N–H and O–H groups in total. The molecule has 22 heavy (non-hydrogen) atoms. The fourth-order valence-corrected chi connectivity index (χ4v) is 2.42. The Kier molecular flexibility index (Phi) is 6.00. The monoisotopic (exact) mass is 350 g/mol. The Morgan fingerprint density at radius 1 is 1.55 bits per heavy atom. The van der Waals surface area contributed by atoms with E-state index >= 15 is 0 Å². The van der Waals surface area contributed by atoms with Crippen LogP contribution in [0.1, 0.15) is 5.56 Å². The number of H-pyrrole nitrogens is 1. The van der Waals surface area contributed by atoms with Crippen molar-refractivity contribution >= 4 is 28.4 Å². The van der Waals surface area contributed by atoms with E-state index in [1.54, 1.807) is 6.92 Å². The normalized spacial score (nSPS) is 13.1. The zero-order valence-electron chi connectivity index (χ0n) is 12.6. The van der Waals surface area contributed by atoms with Crippen LogP contribution < -0.4 is 10.4 Å². The smallest absolute Gasteiger partial charge is 0.326 e. The number of rotatable bonds is 6. The van der Waals surface area contributed by atoms with E-state index in [0.29, 0.717) is 5.56 Å². The summed E-state index contributed by atoms with van der Waals surface area (Å²) in [6, 6.07) is -1.25. The first-order chi connectivity index (χ1) is 10.1. The highest BCUT2D eigenvalue weighted by Gasteiger charge is 2.27. The zero-order valence-corrected chi connectivity index (χ0v) is 14.2. The third-order valence-corrected chi connectivity index (χ3v) is 4.79. The van der Waals surface area contributed by atoms with Crippen LogP contribution in [0.3, 0.4) is 0 Å². The van der Waals surface area contributed by atoms with Crippen LogP contribution in [-0.2, 0) is 26.3 Å². The number of carbonyl (C=O) groups is 1. The van der Waals surface area contributed by atoms with Crippen LogP contribution in [0, 0.1) is 11.6 Å². The number of methoxy groups -OCH3 is 1. The van der Waals surface area contributed by atoms with Gasteiger partial charge in [-0.1, -0.05) is 12.2 Å². The predicted octanol–water partition coefficient (Wildman–Crippen LogP) is -0.848. The van der Waals surface area contributed by atoms with Crippen molar-refractivity contribution in [2.24, 2.45) is 0 Å². The van der Waals surface area contributed by atoms with E-state index in [9.17, 15) is 18.0 Å². The number of esters is 1. The quantitative estimate of drug-likeness (QED) is 0.510. The van der Waals surface area contributed by atoms with E-state index < -0.39 is 27.9 Å². The van der Waals surface area contributed by atoms with E-state index in [4.69, 9.17) is 12.2 Å². The maximum Gasteiger partial charge on any atom is 0.326 e. The molecular formula is C11H18N4O5S2. The standard InChI is InChI=1S/C11H18N4O5S2/c1-7-5-15(11(17)12-9(7)21)6-8(10(16)20-4)13-22(18,19)14(2)3/h5,8,13H,6H2,1-4H3,(H,12,17,21)/t8-/m0/s1. The number of aromatic nitrogens is 2. The minimum Gasteiger partial charge on any atom is -0.468 e. The molecule has 0 saturated carbocycles. The van der Waals surface area contributed by atoms with Crippen LogP contribution in [0.25, 0.3) is 0 Å². The van der Waals surface area contributed by atoms with Crippen LogP contribution in [0.15, 0.2) is 11.0 Å². The third-order valence-electron chi connectivity index (χ3n) is 2.83. The molecule has 0 aliphatic carbocycles.